The predicted molar refractivity (Wildman–Crippen MR) is 142 cm³/mol. The Morgan fingerprint density at radius 2 is 1.72 bits per heavy atom. The summed E-state index contributed by atoms with van der Waals surface area (Å²) in [4.78, 5) is 59.5. The Morgan fingerprint density at radius 1 is 1.00 bits per heavy atom. The summed E-state index contributed by atoms with van der Waals surface area (Å²) in [6.45, 7) is 8.23. The van der Waals surface area contributed by atoms with Gasteiger partial charge in [0.2, 0.25) is 5.91 Å². The molecule has 0 aromatic heterocycles. The number of hydroxylamine groups is 2. The van der Waals surface area contributed by atoms with Crippen LogP contribution in [0, 0.1) is 0 Å². The Labute approximate surface area is 229 Å². The van der Waals surface area contributed by atoms with Crippen LogP contribution in [-0.2, 0) is 25.8 Å². The Kier molecular flexibility index (Phi) is 9.28. The summed E-state index contributed by atoms with van der Waals surface area (Å²) in [6.07, 6.45) is 2.50. The second-order valence-corrected chi connectivity index (χ2v) is 11.3. The number of rotatable bonds is 8. The molecular weight excluding hydrogens is 504 g/mol. The number of hydrogen-bond acceptors (Lipinski definition) is 7. The van der Waals surface area contributed by atoms with Gasteiger partial charge in [-0.3, -0.25) is 25.3 Å². The molecule has 3 aliphatic rings. The maximum Gasteiger partial charge on any atom is 0.407 e. The minimum Gasteiger partial charge on any atom is -0.444 e. The number of ether oxygens (including phenoxy) is 1. The van der Waals surface area contributed by atoms with Gasteiger partial charge in [0.25, 0.3) is 5.91 Å². The summed E-state index contributed by atoms with van der Waals surface area (Å²) < 4.78 is 5.31. The van der Waals surface area contributed by atoms with Gasteiger partial charge in [-0.15, -0.1) is 0 Å². The van der Waals surface area contributed by atoms with Crippen LogP contribution in [0.25, 0.3) is 0 Å². The van der Waals surface area contributed by atoms with Crippen LogP contribution in [0.2, 0.25) is 0 Å². The minimum absolute atomic E-state index is 0.0484. The molecule has 3 fully saturated rings. The minimum atomic E-state index is -0.657. The fourth-order valence-electron chi connectivity index (χ4n) is 5.10. The van der Waals surface area contributed by atoms with Crippen molar-refractivity contribution in [1.29, 1.82) is 0 Å². The largest absolute Gasteiger partial charge is 0.444 e. The average Bonchev–Trinajstić information content (AvgIpc) is 3.13. The van der Waals surface area contributed by atoms with Gasteiger partial charge in [0.15, 0.2) is 0 Å². The quantitative estimate of drug-likeness (QED) is 0.426. The van der Waals surface area contributed by atoms with E-state index in [2.05, 4.69) is 21.1 Å². The molecule has 1 aromatic carbocycles. The number of hydrazine groups is 1. The second-order valence-electron chi connectivity index (χ2n) is 11.3. The van der Waals surface area contributed by atoms with Gasteiger partial charge in [-0.2, -0.15) is 5.06 Å². The van der Waals surface area contributed by atoms with Crippen LogP contribution in [-0.4, -0.2) is 88.7 Å². The zero-order chi connectivity index (χ0) is 28.0. The van der Waals surface area contributed by atoms with Gasteiger partial charge in [0.05, 0.1) is 6.04 Å². The first kappa shape index (κ1) is 28.6. The van der Waals surface area contributed by atoms with Gasteiger partial charge in [0.1, 0.15) is 18.2 Å². The topological polar surface area (TPSA) is 133 Å². The number of urea groups is 1. The van der Waals surface area contributed by atoms with Crippen LogP contribution in [0.4, 0.5) is 9.59 Å². The lowest BCUT2D eigenvalue weighted by Crippen LogP contribution is -2.54. The molecule has 5 amide bonds. The highest BCUT2D eigenvalue weighted by atomic mass is 16.7. The summed E-state index contributed by atoms with van der Waals surface area (Å²) in [5.41, 5.74) is 5.40. The molecule has 12 heteroatoms. The van der Waals surface area contributed by atoms with E-state index in [9.17, 15) is 19.2 Å². The lowest BCUT2D eigenvalue weighted by atomic mass is 10.0. The lowest BCUT2D eigenvalue weighted by Gasteiger charge is -2.32. The van der Waals surface area contributed by atoms with Crippen molar-refractivity contribution in [3.63, 3.8) is 0 Å². The van der Waals surface area contributed by atoms with Gasteiger partial charge in [-0.1, -0.05) is 30.3 Å². The van der Waals surface area contributed by atoms with Crippen molar-refractivity contribution in [2.24, 2.45) is 0 Å². The normalized spacial score (nSPS) is 22.0. The lowest BCUT2D eigenvalue weighted by molar-refractivity contribution is -0.140. The zero-order valence-electron chi connectivity index (χ0n) is 23.0. The molecule has 3 saturated heterocycles. The van der Waals surface area contributed by atoms with Crippen molar-refractivity contribution in [3.8, 4) is 0 Å². The third-order valence-electron chi connectivity index (χ3n) is 7.13. The number of benzene rings is 1. The summed E-state index contributed by atoms with van der Waals surface area (Å²) in [5, 5.41) is 4.28. The number of piperidine rings is 2. The van der Waals surface area contributed by atoms with Crippen molar-refractivity contribution >= 4 is 23.9 Å². The van der Waals surface area contributed by atoms with Crippen LogP contribution in [0.15, 0.2) is 30.3 Å². The number of nitrogens with zero attached hydrogens (tertiary/aromatic N) is 3. The first-order chi connectivity index (χ1) is 18.6. The standard InChI is InChI=1S/C27H40N6O6/c1-27(2,3)39-25(36)28-20-11-14-31(15-12-20)16-13-23(34)29-30-24(35)22-10-9-21-17-32(22)26(37)33(21)38-18-19-7-5-4-6-8-19/h4-8,20-22H,9-18H2,1-3H3,(H,28,36)(H,29,34)(H,30,35)/t21-,22+/m1/s1. The monoisotopic (exact) mass is 544 g/mol. The average molecular weight is 545 g/mol. The molecule has 0 saturated carbocycles. The maximum absolute atomic E-state index is 12.9. The molecule has 0 aliphatic carbocycles. The molecule has 2 bridgehead atoms. The molecule has 0 unspecified atom stereocenters. The van der Waals surface area contributed by atoms with E-state index in [4.69, 9.17) is 9.57 Å². The molecule has 4 rings (SSSR count). The SMILES string of the molecule is CC(C)(C)OC(=O)NC1CCN(CCC(=O)NNC(=O)[C@@H]2CC[C@@H]3CN2C(=O)N3OCc2ccccc2)CC1. The third-order valence-corrected chi connectivity index (χ3v) is 7.13. The molecule has 0 spiro atoms. The van der Waals surface area contributed by atoms with E-state index in [-0.39, 0.29) is 37.0 Å². The molecule has 1 aromatic rings. The van der Waals surface area contributed by atoms with Crippen molar-refractivity contribution in [1.82, 2.24) is 31.0 Å². The molecule has 39 heavy (non-hydrogen) atoms. The highest BCUT2D eigenvalue weighted by Gasteiger charge is 2.48. The first-order valence-electron chi connectivity index (χ1n) is 13.7. The van der Waals surface area contributed by atoms with Crippen molar-refractivity contribution in [2.45, 2.75) is 83.2 Å². The van der Waals surface area contributed by atoms with Crippen molar-refractivity contribution in [2.75, 3.05) is 26.2 Å². The molecule has 0 radical (unpaired) electrons. The summed E-state index contributed by atoms with van der Waals surface area (Å²) in [7, 11) is 0. The number of hydrogen-bond donors (Lipinski definition) is 3. The summed E-state index contributed by atoms with van der Waals surface area (Å²) in [6, 6.07) is 8.57. The fraction of sp³-hybridized carbons (Fsp3) is 0.630. The smallest absolute Gasteiger partial charge is 0.407 e. The Bertz CT molecular complexity index is 1020. The van der Waals surface area contributed by atoms with E-state index in [1.807, 2.05) is 51.1 Å². The molecule has 3 heterocycles. The molecular formula is C27H40N6O6. The van der Waals surface area contributed by atoms with E-state index in [1.54, 1.807) is 0 Å². The van der Waals surface area contributed by atoms with Gasteiger partial charge < -0.3 is 19.9 Å². The van der Waals surface area contributed by atoms with Gasteiger partial charge >= 0.3 is 12.1 Å². The third kappa shape index (κ3) is 8.06. The number of nitrogens with one attached hydrogen (secondary N) is 3. The molecule has 12 nitrogen and oxygen atoms in total. The maximum atomic E-state index is 12.9. The van der Waals surface area contributed by atoms with Crippen LogP contribution in [0.1, 0.15) is 58.4 Å². The Hall–Kier alpha value is -3.38. The Morgan fingerprint density at radius 3 is 2.41 bits per heavy atom. The van der Waals surface area contributed by atoms with E-state index >= 15 is 0 Å². The highest BCUT2D eigenvalue weighted by Crippen LogP contribution is 2.30. The summed E-state index contributed by atoms with van der Waals surface area (Å²) in [5.74, 6) is -0.708. The van der Waals surface area contributed by atoms with Crippen molar-refractivity contribution in [3.05, 3.63) is 35.9 Å². The molecule has 214 valence electrons. The number of likely N-dealkylation sites (tertiary alicyclic amines) is 1. The van der Waals surface area contributed by atoms with Crippen LogP contribution < -0.4 is 16.2 Å². The van der Waals surface area contributed by atoms with Gasteiger partial charge in [-0.25, -0.2) is 9.59 Å². The summed E-state index contributed by atoms with van der Waals surface area (Å²) >= 11 is 0. The van der Waals surface area contributed by atoms with E-state index in [0.29, 0.717) is 25.9 Å². The molecule has 2 atom stereocenters. The van der Waals surface area contributed by atoms with E-state index in [0.717, 1.165) is 31.5 Å². The van der Waals surface area contributed by atoms with E-state index < -0.39 is 23.6 Å². The number of carbonyl (C=O) groups excluding carboxylic acids is 4. The molecule has 3 N–H and O–H groups in total. The van der Waals surface area contributed by atoms with Gasteiger partial charge in [0, 0.05) is 38.6 Å². The highest BCUT2D eigenvalue weighted by molar-refractivity contribution is 5.90. The van der Waals surface area contributed by atoms with Crippen molar-refractivity contribution < 1.29 is 28.8 Å². The van der Waals surface area contributed by atoms with Crippen LogP contribution in [0.3, 0.4) is 0 Å². The zero-order valence-corrected chi connectivity index (χ0v) is 23.0. The fourth-order valence-corrected chi connectivity index (χ4v) is 5.10. The van der Waals surface area contributed by atoms with Crippen LogP contribution in [0.5, 0.6) is 0 Å². The first-order valence-corrected chi connectivity index (χ1v) is 13.7. The van der Waals surface area contributed by atoms with Crippen LogP contribution >= 0.6 is 0 Å². The Balaban J connectivity index is 1.13. The van der Waals surface area contributed by atoms with E-state index in [1.165, 1.54) is 9.96 Å². The number of fused-ring (bicyclic) bond motifs is 2. The second kappa shape index (κ2) is 12.6. The number of carbonyl (C=O) groups is 4. The number of amides is 5. The number of alkyl carbamates (subject to hydrolysis) is 1. The predicted octanol–water partition coefficient (Wildman–Crippen LogP) is 1.91. The van der Waals surface area contributed by atoms with Gasteiger partial charge in [-0.05, 0) is 52.0 Å². The molecule has 3 aliphatic heterocycles.